The Balaban J connectivity index is 3.23. The van der Waals surface area contributed by atoms with Crippen molar-refractivity contribution in [2.45, 2.75) is 6.18 Å². The van der Waals surface area contributed by atoms with Crippen LogP contribution in [0.5, 0.6) is 0 Å². The van der Waals surface area contributed by atoms with Crippen LogP contribution >= 0.6 is 0 Å². The van der Waals surface area contributed by atoms with Crippen molar-refractivity contribution in [2.24, 2.45) is 5.73 Å². The van der Waals surface area contributed by atoms with Gasteiger partial charge in [-0.25, -0.2) is 0 Å². The van der Waals surface area contributed by atoms with Crippen LogP contribution in [-0.2, 0) is 6.18 Å². The largest absolute Gasteiger partial charge is 0.417 e. The number of hydrogen-bond donors (Lipinski definition) is 1. The maximum Gasteiger partial charge on any atom is 0.417 e. The first-order valence-electron chi connectivity index (χ1n) is 3.86. The van der Waals surface area contributed by atoms with Crippen LogP contribution in [0.15, 0.2) is 24.3 Å². The fourth-order valence-corrected chi connectivity index (χ4v) is 1.08. The lowest BCUT2D eigenvalue weighted by molar-refractivity contribution is -0.137. The lowest BCUT2D eigenvalue weighted by atomic mass is 10.0. The normalized spacial score (nSPS) is 11.4. The van der Waals surface area contributed by atoms with E-state index in [1.54, 1.807) is 0 Å². The molecule has 1 aromatic rings. The molecule has 14 heavy (non-hydrogen) atoms. The third-order valence-electron chi connectivity index (χ3n) is 1.72. The van der Waals surface area contributed by atoms with Gasteiger partial charge in [0.05, 0.1) is 12.1 Å². The molecule has 1 aromatic carbocycles. The summed E-state index contributed by atoms with van der Waals surface area (Å²) in [5, 5.41) is 0. The van der Waals surface area contributed by atoms with Crippen molar-refractivity contribution in [3.8, 4) is 0 Å². The molecular weight excluding hydrogens is 195 g/mol. The second kappa shape index (κ2) is 3.79. The van der Waals surface area contributed by atoms with E-state index in [9.17, 15) is 18.0 Å². The molecule has 1 rings (SSSR count). The summed E-state index contributed by atoms with van der Waals surface area (Å²) in [4.78, 5) is 11.1. The van der Waals surface area contributed by atoms with Crippen molar-refractivity contribution in [1.82, 2.24) is 0 Å². The minimum Gasteiger partial charge on any atom is -0.324 e. The van der Waals surface area contributed by atoms with Crippen molar-refractivity contribution >= 4 is 5.78 Å². The quantitative estimate of drug-likeness (QED) is 0.745. The Hall–Kier alpha value is -1.36. The van der Waals surface area contributed by atoms with Crippen molar-refractivity contribution in [3.05, 3.63) is 35.4 Å². The summed E-state index contributed by atoms with van der Waals surface area (Å²) in [5.41, 5.74) is 3.69. The van der Waals surface area contributed by atoms with Gasteiger partial charge in [0.1, 0.15) is 0 Å². The summed E-state index contributed by atoms with van der Waals surface area (Å²) < 4.78 is 37.1. The molecule has 0 amide bonds. The number of rotatable bonds is 2. The van der Waals surface area contributed by atoms with Gasteiger partial charge < -0.3 is 5.73 Å². The highest BCUT2D eigenvalue weighted by atomic mass is 19.4. The number of Topliss-reactive ketones (excluding diaryl/α,β-unsaturated/α-hetero) is 1. The van der Waals surface area contributed by atoms with Crippen LogP contribution in [0.1, 0.15) is 15.9 Å². The van der Waals surface area contributed by atoms with Crippen LogP contribution in [0.25, 0.3) is 0 Å². The average Bonchev–Trinajstić information content (AvgIpc) is 2.15. The molecule has 0 aliphatic heterocycles. The Morgan fingerprint density at radius 2 is 1.86 bits per heavy atom. The first-order chi connectivity index (χ1) is 6.46. The van der Waals surface area contributed by atoms with Gasteiger partial charge in [-0.1, -0.05) is 18.2 Å². The van der Waals surface area contributed by atoms with Crippen LogP contribution < -0.4 is 5.73 Å². The molecule has 0 spiro atoms. The molecule has 0 heterocycles. The van der Waals surface area contributed by atoms with E-state index in [1.165, 1.54) is 12.1 Å². The van der Waals surface area contributed by atoms with Gasteiger partial charge in [0.2, 0.25) is 0 Å². The number of alkyl halides is 3. The van der Waals surface area contributed by atoms with Gasteiger partial charge in [0.25, 0.3) is 0 Å². The SMILES string of the molecule is NCC(=O)c1ccccc1C(F)(F)F. The average molecular weight is 203 g/mol. The number of hydrogen-bond acceptors (Lipinski definition) is 2. The molecule has 2 N–H and O–H groups in total. The molecule has 0 aromatic heterocycles. The van der Waals surface area contributed by atoms with E-state index in [-0.39, 0.29) is 5.56 Å². The van der Waals surface area contributed by atoms with Crippen molar-refractivity contribution in [2.75, 3.05) is 6.54 Å². The van der Waals surface area contributed by atoms with Gasteiger partial charge in [0.15, 0.2) is 5.78 Å². The zero-order valence-electron chi connectivity index (χ0n) is 7.14. The molecular formula is C9H8F3NO. The van der Waals surface area contributed by atoms with Crippen molar-refractivity contribution in [3.63, 3.8) is 0 Å². The maximum absolute atomic E-state index is 12.4. The first kappa shape index (κ1) is 10.7. The highest BCUT2D eigenvalue weighted by Gasteiger charge is 2.34. The Bertz CT molecular complexity index is 346. The zero-order chi connectivity index (χ0) is 10.8. The van der Waals surface area contributed by atoms with Gasteiger partial charge in [-0.05, 0) is 6.07 Å². The van der Waals surface area contributed by atoms with Crippen molar-refractivity contribution < 1.29 is 18.0 Å². The van der Waals surface area contributed by atoms with Crippen LogP contribution in [0, 0.1) is 0 Å². The highest BCUT2D eigenvalue weighted by Crippen LogP contribution is 2.31. The predicted molar refractivity (Wildman–Crippen MR) is 44.8 cm³/mol. The summed E-state index contributed by atoms with van der Waals surface area (Å²) in [6, 6.07) is 4.59. The summed E-state index contributed by atoms with van der Waals surface area (Å²) in [6.07, 6.45) is -4.51. The van der Waals surface area contributed by atoms with Crippen LogP contribution in [0.4, 0.5) is 13.2 Å². The molecule has 0 fully saturated rings. The summed E-state index contributed by atoms with van der Waals surface area (Å²) >= 11 is 0. The lowest BCUT2D eigenvalue weighted by Crippen LogP contribution is -2.19. The predicted octanol–water partition coefficient (Wildman–Crippen LogP) is 1.85. The van der Waals surface area contributed by atoms with E-state index in [0.717, 1.165) is 12.1 Å². The molecule has 5 heteroatoms. The van der Waals surface area contributed by atoms with E-state index in [1.807, 2.05) is 0 Å². The standard InChI is InChI=1S/C9H8F3NO/c10-9(11,12)7-4-2-1-3-6(7)8(14)5-13/h1-4H,5,13H2. The Labute approximate surface area is 78.5 Å². The summed E-state index contributed by atoms with van der Waals surface area (Å²) in [5.74, 6) is -0.710. The molecule has 0 atom stereocenters. The number of halogens is 3. The Morgan fingerprint density at radius 1 is 1.29 bits per heavy atom. The fraction of sp³-hybridized carbons (Fsp3) is 0.222. The number of carbonyl (C=O) groups is 1. The van der Waals surface area contributed by atoms with Gasteiger partial charge in [-0.15, -0.1) is 0 Å². The zero-order valence-corrected chi connectivity index (χ0v) is 7.14. The second-order valence-corrected chi connectivity index (χ2v) is 2.67. The van der Waals surface area contributed by atoms with Gasteiger partial charge in [0, 0.05) is 5.56 Å². The smallest absolute Gasteiger partial charge is 0.324 e. The second-order valence-electron chi connectivity index (χ2n) is 2.67. The third kappa shape index (κ3) is 2.11. The van der Waals surface area contributed by atoms with E-state index in [4.69, 9.17) is 5.73 Å². The van der Waals surface area contributed by atoms with E-state index >= 15 is 0 Å². The van der Waals surface area contributed by atoms with E-state index < -0.39 is 24.1 Å². The van der Waals surface area contributed by atoms with E-state index in [2.05, 4.69) is 0 Å². The number of carbonyl (C=O) groups excluding carboxylic acids is 1. The minimum absolute atomic E-state index is 0.373. The lowest BCUT2D eigenvalue weighted by Gasteiger charge is -2.10. The van der Waals surface area contributed by atoms with Crippen LogP contribution in [0.2, 0.25) is 0 Å². The molecule has 2 nitrogen and oxygen atoms in total. The summed E-state index contributed by atoms with van der Waals surface area (Å²) in [6.45, 7) is -0.424. The molecule has 0 saturated carbocycles. The molecule has 0 radical (unpaired) electrons. The molecule has 0 unspecified atom stereocenters. The summed E-state index contributed by atoms with van der Waals surface area (Å²) in [7, 11) is 0. The Morgan fingerprint density at radius 3 is 2.36 bits per heavy atom. The highest BCUT2D eigenvalue weighted by molar-refractivity contribution is 5.98. The topological polar surface area (TPSA) is 43.1 Å². The van der Waals surface area contributed by atoms with Gasteiger partial charge in [-0.3, -0.25) is 4.79 Å². The third-order valence-corrected chi connectivity index (χ3v) is 1.72. The van der Waals surface area contributed by atoms with Crippen LogP contribution in [0.3, 0.4) is 0 Å². The van der Waals surface area contributed by atoms with Gasteiger partial charge in [-0.2, -0.15) is 13.2 Å². The fourth-order valence-electron chi connectivity index (χ4n) is 1.08. The monoisotopic (exact) mass is 203 g/mol. The molecule has 76 valence electrons. The number of ketones is 1. The first-order valence-corrected chi connectivity index (χ1v) is 3.86. The van der Waals surface area contributed by atoms with Crippen LogP contribution in [-0.4, -0.2) is 12.3 Å². The number of benzene rings is 1. The minimum atomic E-state index is -4.51. The molecule has 0 bridgehead atoms. The Kier molecular flexibility index (Phi) is 2.90. The number of nitrogens with two attached hydrogens (primary N) is 1. The maximum atomic E-state index is 12.4. The van der Waals surface area contributed by atoms with E-state index in [0.29, 0.717) is 0 Å². The molecule has 0 saturated heterocycles. The molecule has 0 aliphatic rings. The van der Waals surface area contributed by atoms with Gasteiger partial charge >= 0.3 is 6.18 Å². The van der Waals surface area contributed by atoms with Crippen molar-refractivity contribution in [1.29, 1.82) is 0 Å². The molecule has 0 aliphatic carbocycles.